The molecule has 84 valence electrons. The Balaban J connectivity index is 2.38. The van der Waals surface area contributed by atoms with E-state index in [9.17, 15) is 0 Å². The predicted molar refractivity (Wildman–Crippen MR) is 60.3 cm³/mol. The van der Waals surface area contributed by atoms with Gasteiger partial charge in [0.25, 0.3) is 0 Å². The summed E-state index contributed by atoms with van der Waals surface area (Å²) in [4.78, 5) is 0. The maximum atomic E-state index is 5.89. The van der Waals surface area contributed by atoms with Gasteiger partial charge in [-0.15, -0.1) is 0 Å². The number of ether oxygens (including phenoxy) is 1. The van der Waals surface area contributed by atoms with Crippen LogP contribution in [0.15, 0.2) is 6.20 Å². The SMILES string of the molecule is CCC(C)(C)c1cnn2c1OC(C)CC2. The molecule has 3 heteroatoms. The Bertz CT molecular complexity index is 355. The topological polar surface area (TPSA) is 27.1 Å². The first-order valence-corrected chi connectivity index (χ1v) is 5.77. The van der Waals surface area contributed by atoms with Gasteiger partial charge in [0.15, 0.2) is 0 Å². The summed E-state index contributed by atoms with van der Waals surface area (Å²) in [5, 5.41) is 4.40. The highest BCUT2D eigenvalue weighted by Gasteiger charge is 2.29. The van der Waals surface area contributed by atoms with Gasteiger partial charge in [0.2, 0.25) is 5.88 Å². The lowest BCUT2D eigenvalue weighted by Crippen LogP contribution is -2.25. The second-order valence-corrected chi connectivity index (χ2v) is 5.04. The number of nitrogens with zero attached hydrogens (tertiary/aromatic N) is 2. The van der Waals surface area contributed by atoms with E-state index in [2.05, 4.69) is 32.8 Å². The molecule has 0 N–H and O–H groups in total. The highest BCUT2D eigenvalue weighted by molar-refractivity contribution is 5.32. The van der Waals surface area contributed by atoms with Crippen molar-refractivity contribution >= 4 is 0 Å². The van der Waals surface area contributed by atoms with Gasteiger partial charge in [0.1, 0.15) is 0 Å². The highest BCUT2D eigenvalue weighted by atomic mass is 16.5. The number of rotatable bonds is 2. The fourth-order valence-electron chi connectivity index (χ4n) is 1.87. The number of fused-ring (bicyclic) bond motifs is 1. The summed E-state index contributed by atoms with van der Waals surface area (Å²) in [7, 11) is 0. The van der Waals surface area contributed by atoms with Crippen LogP contribution in [0.25, 0.3) is 0 Å². The fraction of sp³-hybridized carbons (Fsp3) is 0.750. The lowest BCUT2D eigenvalue weighted by atomic mass is 9.84. The molecular formula is C12H20N2O. The minimum absolute atomic E-state index is 0.157. The number of aryl methyl sites for hydroxylation is 1. The molecule has 3 nitrogen and oxygen atoms in total. The average molecular weight is 208 g/mol. The molecule has 1 aromatic heterocycles. The van der Waals surface area contributed by atoms with Crippen molar-refractivity contribution in [3.63, 3.8) is 0 Å². The second-order valence-electron chi connectivity index (χ2n) is 5.04. The lowest BCUT2D eigenvalue weighted by Gasteiger charge is -2.27. The molecule has 1 unspecified atom stereocenters. The van der Waals surface area contributed by atoms with Crippen molar-refractivity contribution in [2.45, 2.75) is 58.6 Å². The van der Waals surface area contributed by atoms with E-state index in [4.69, 9.17) is 4.74 Å². The van der Waals surface area contributed by atoms with Crippen molar-refractivity contribution in [2.75, 3.05) is 0 Å². The first-order chi connectivity index (χ1) is 7.04. The molecule has 0 fully saturated rings. The molecule has 2 heterocycles. The molecule has 0 spiro atoms. The molecule has 0 saturated heterocycles. The highest BCUT2D eigenvalue weighted by Crippen LogP contribution is 2.36. The van der Waals surface area contributed by atoms with Crippen molar-refractivity contribution in [2.24, 2.45) is 0 Å². The molecular weight excluding hydrogens is 188 g/mol. The Labute approximate surface area is 91.4 Å². The van der Waals surface area contributed by atoms with Crippen LogP contribution in [-0.2, 0) is 12.0 Å². The second kappa shape index (κ2) is 3.54. The lowest BCUT2D eigenvalue weighted by molar-refractivity contribution is 0.145. The molecule has 0 amide bonds. The molecule has 0 radical (unpaired) electrons. The summed E-state index contributed by atoms with van der Waals surface area (Å²) in [6.45, 7) is 9.80. The summed E-state index contributed by atoms with van der Waals surface area (Å²) < 4.78 is 7.88. The Morgan fingerprint density at radius 3 is 3.00 bits per heavy atom. The molecule has 1 aliphatic rings. The van der Waals surface area contributed by atoms with E-state index in [-0.39, 0.29) is 5.41 Å². The van der Waals surface area contributed by atoms with Crippen LogP contribution in [0.1, 0.15) is 46.1 Å². The van der Waals surface area contributed by atoms with Gasteiger partial charge in [-0.25, -0.2) is 4.68 Å². The van der Waals surface area contributed by atoms with E-state index in [0.717, 1.165) is 25.3 Å². The van der Waals surface area contributed by atoms with Crippen LogP contribution in [0.3, 0.4) is 0 Å². The number of hydrogen-bond donors (Lipinski definition) is 0. The monoisotopic (exact) mass is 208 g/mol. The third kappa shape index (κ3) is 1.75. The van der Waals surface area contributed by atoms with Crippen LogP contribution < -0.4 is 4.74 Å². The van der Waals surface area contributed by atoms with E-state index in [0.29, 0.717) is 6.10 Å². The van der Waals surface area contributed by atoms with E-state index >= 15 is 0 Å². The van der Waals surface area contributed by atoms with Crippen LogP contribution in [-0.4, -0.2) is 15.9 Å². The maximum Gasteiger partial charge on any atom is 0.215 e. The zero-order valence-corrected chi connectivity index (χ0v) is 10.1. The zero-order chi connectivity index (χ0) is 11.1. The van der Waals surface area contributed by atoms with Crippen LogP contribution in [0.4, 0.5) is 0 Å². The van der Waals surface area contributed by atoms with Crippen molar-refractivity contribution in [1.82, 2.24) is 9.78 Å². The number of aromatic nitrogens is 2. The minimum Gasteiger partial charge on any atom is -0.475 e. The zero-order valence-electron chi connectivity index (χ0n) is 10.1. The Hall–Kier alpha value is -0.990. The largest absolute Gasteiger partial charge is 0.475 e. The Morgan fingerprint density at radius 1 is 1.60 bits per heavy atom. The number of hydrogen-bond acceptors (Lipinski definition) is 2. The van der Waals surface area contributed by atoms with Gasteiger partial charge in [0, 0.05) is 18.5 Å². The van der Waals surface area contributed by atoms with E-state index in [1.54, 1.807) is 0 Å². The van der Waals surface area contributed by atoms with Crippen LogP contribution >= 0.6 is 0 Å². The summed E-state index contributed by atoms with van der Waals surface area (Å²) in [5.74, 6) is 0.987. The quantitative estimate of drug-likeness (QED) is 0.747. The molecule has 1 aromatic rings. The van der Waals surface area contributed by atoms with Gasteiger partial charge in [0.05, 0.1) is 12.3 Å². The summed E-state index contributed by atoms with van der Waals surface area (Å²) in [6.07, 6.45) is 4.45. The maximum absolute atomic E-state index is 5.89. The normalized spacial score (nSPS) is 20.9. The van der Waals surface area contributed by atoms with Crippen LogP contribution in [0.5, 0.6) is 5.88 Å². The molecule has 2 rings (SSSR count). The molecule has 0 aromatic carbocycles. The molecule has 0 bridgehead atoms. The van der Waals surface area contributed by atoms with Gasteiger partial charge in [-0.1, -0.05) is 20.8 Å². The van der Waals surface area contributed by atoms with Gasteiger partial charge >= 0.3 is 0 Å². The fourth-order valence-corrected chi connectivity index (χ4v) is 1.87. The smallest absolute Gasteiger partial charge is 0.215 e. The van der Waals surface area contributed by atoms with Gasteiger partial charge in [-0.05, 0) is 18.8 Å². The van der Waals surface area contributed by atoms with Crippen molar-refractivity contribution in [3.8, 4) is 5.88 Å². The molecule has 0 aliphatic carbocycles. The molecule has 0 saturated carbocycles. The predicted octanol–water partition coefficient (Wildman–Crippen LogP) is 2.74. The standard InChI is InChI=1S/C12H20N2O/c1-5-12(3,4)10-8-13-14-7-6-9(2)15-11(10)14/h8-9H,5-7H2,1-4H3. The minimum atomic E-state index is 0.157. The molecule has 15 heavy (non-hydrogen) atoms. The summed E-state index contributed by atoms with van der Waals surface area (Å²) in [6, 6.07) is 0. The van der Waals surface area contributed by atoms with Crippen molar-refractivity contribution in [1.29, 1.82) is 0 Å². The van der Waals surface area contributed by atoms with Crippen LogP contribution in [0, 0.1) is 0 Å². The third-order valence-electron chi connectivity index (χ3n) is 3.46. The Morgan fingerprint density at radius 2 is 2.33 bits per heavy atom. The van der Waals surface area contributed by atoms with Crippen molar-refractivity contribution < 1.29 is 4.74 Å². The average Bonchev–Trinajstić information content (AvgIpc) is 2.61. The van der Waals surface area contributed by atoms with Gasteiger partial charge in [-0.2, -0.15) is 5.10 Å². The third-order valence-corrected chi connectivity index (χ3v) is 3.46. The van der Waals surface area contributed by atoms with Gasteiger partial charge < -0.3 is 4.74 Å². The summed E-state index contributed by atoms with van der Waals surface area (Å²) >= 11 is 0. The van der Waals surface area contributed by atoms with Crippen molar-refractivity contribution in [3.05, 3.63) is 11.8 Å². The molecule has 1 aliphatic heterocycles. The first-order valence-electron chi connectivity index (χ1n) is 5.77. The van der Waals surface area contributed by atoms with E-state index in [1.807, 2.05) is 10.9 Å². The van der Waals surface area contributed by atoms with E-state index in [1.165, 1.54) is 5.56 Å². The van der Waals surface area contributed by atoms with E-state index < -0.39 is 0 Å². The van der Waals surface area contributed by atoms with Crippen LogP contribution in [0.2, 0.25) is 0 Å². The Kier molecular flexibility index (Phi) is 2.49. The first kappa shape index (κ1) is 10.5. The molecule has 1 atom stereocenters. The van der Waals surface area contributed by atoms with Gasteiger partial charge in [-0.3, -0.25) is 0 Å². The summed E-state index contributed by atoms with van der Waals surface area (Å²) in [5.41, 5.74) is 1.40.